The van der Waals surface area contributed by atoms with Gasteiger partial charge in [-0.05, 0) is 17.0 Å². The maximum absolute atomic E-state index is 3.96. The molecule has 0 aliphatic heterocycles. The number of H-pyrrole nitrogens is 1. The second-order valence-corrected chi connectivity index (χ2v) is 4.32. The highest BCUT2D eigenvalue weighted by Crippen LogP contribution is 2.20. The number of aromatic nitrogens is 3. The van der Waals surface area contributed by atoms with Gasteiger partial charge < -0.3 is 0 Å². The highest BCUT2D eigenvalue weighted by molar-refractivity contribution is 5.30. The van der Waals surface area contributed by atoms with Gasteiger partial charge in [0.15, 0.2) is 0 Å². The predicted octanol–water partition coefficient (Wildman–Crippen LogP) is 1.45. The largest absolute Gasteiger partial charge is 0.269 e. The van der Waals surface area contributed by atoms with Crippen LogP contribution in [0, 0.1) is 0 Å². The number of nitrogens with one attached hydrogen (secondary N) is 1. The molecule has 0 amide bonds. The number of hydrogen-bond donors (Lipinski definition) is 1. The predicted molar refractivity (Wildman–Crippen MR) is 50.4 cm³/mol. The van der Waals surface area contributed by atoms with Crippen LogP contribution in [0.15, 0.2) is 24.7 Å². The Morgan fingerprint density at radius 3 is 2.77 bits per heavy atom. The molecule has 0 saturated heterocycles. The summed E-state index contributed by atoms with van der Waals surface area (Å²) in [6.45, 7) is 6.61. The first-order valence-electron chi connectivity index (χ1n) is 4.42. The van der Waals surface area contributed by atoms with E-state index < -0.39 is 0 Å². The van der Waals surface area contributed by atoms with E-state index in [2.05, 4.69) is 43.2 Å². The third kappa shape index (κ3) is 1.41. The van der Waals surface area contributed by atoms with Crippen molar-refractivity contribution in [2.24, 2.45) is 0 Å². The van der Waals surface area contributed by atoms with Gasteiger partial charge >= 0.3 is 0 Å². The molecule has 0 bridgehead atoms. The zero-order valence-electron chi connectivity index (χ0n) is 8.20. The van der Waals surface area contributed by atoms with E-state index >= 15 is 0 Å². The van der Waals surface area contributed by atoms with E-state index in [1.54, 1.807) is 6.33 Å². The first kappa shape index (κ1) is 8.23. The van der Waals surface area contributed by atoms with Crippen molar-refractivity contribution in [3.05, 3.63) is 30.2 Å². The summed E-state index contributed by atoms with van der Waals surface area (Å²) in [7, 11) is 0. The van der Waals surface area contributed by atoms with Gasteiger partial charge in [0.05, 0.1) is 6.20 Å². The van der Waals surface area contributed by atoms with E-state index in [0.717, 1.165) is 5.65 Å². The monoisotopic (exact) mass is 176 g/mol. The number of rotatable bonds is 0. The molecule has 0 aliphatic carbocycles. The molecule has 0 saturated carbocycles. The van der Waals surface area contributed by atoms with Crippen molar-refractivity contribution >= 4 is 5.65 Å². The second kappa shape index (κ2) is 2.55. The Balaban J connectivity index is 2.61. The van der Waals surface area contributed by atoms with Crippen LogP contribution in [0.1, 0.15) is 26.3 Å². The van der Waals surface area contributed by atoms with Crippen LogP contribution < -0.4 is 4.40 Å². The molecule has 1 N–H and O–H groups in total. The molecule has 0 fully saturated rings. The molecule has 2 aromatic rings. The van der Waals surface area contributed by atoms with E-state index in [1.807, 2.05) is 10.5 Å². The van der Waals surface area contributed by atoms with Crippen molar-refractivity contribution in [1.82, 2.24) is 10.2 Å². The van der Waals surface area contributed by atoms with Gasteiger partial charge in [0.2, 0.25) is 0 Å². The van der Waals surface area contributed by atoms with Crippen molar-refractivity contribution in [3.8, 4) is 0 Å². The van der Waals surface area contributed by atoms with Crippen molar-refractivity contribution < 1.29 is 4.40 Å². The van der Waals surface area contributed by atoms with Crippen molar-refractivity contribution in [3.63, 3.8) is 0 Å². The lowest BCUT2D eigenvalue weighted by molar-refractivity contribution is -0.512. The van der Waals surface area contributed by atoms with Crippen LogP contribution in [-0.4, -0.2) is 10.2 Å². The first-order chi connectivity index (χ1) is 6.07. The van der Waals surface area contributed by atoms with Gasteiger partial charge in [-0.1, -0.05) is 20.8 Å². The van der Waals surface area contributed by atoms with Crippen LogP contribution in [0.25, 0.3) is 5.65 Å². The summed E-state index contributed by atoms with van der Waals surface area (Å²) in [5, 5.41) is 6.87. The Hall–Kier alpha value is -1.38. The lowest BCUT2D eigenvalue weighted by Crippen LogP contribution is -2.23. The highest BCUT2D eigenvalue weighted by Gasteiger charge is 2.15. The van der Waals surface area contributed by atoms with Crippen molar-refractivity contribution in [1.29, 1.82) is 0 Å². The Kier molecular flexibility index (Phi) is 1.62. The molecule has 3 heteroatoms. The first-order valence-corrected chi connectivity index (χ1v) is 4.42. The highest BCUT2D eigenvalue weighted by atomic mass is 15.2. The Morgan fingerprint density at radius 1 is 1.31 bits per heavy atom. The van der Waals surface area contributed by atoms with Gasteiger partial charge in [0.25, 0.3) is 12.0 Å². The molecule has 0 spiro atoms. The van der Waals surface area contributed by atoms with Crippen LogP contribution in [0.2, 0.25) is 0 Å². The molecule has 0 atom stereocenters. The Labute approximate surface area is 77.4 Å². The summed E-state index contributed by atoms with van der Waals surface area (Å²) in [5.74, 6) is 0. The summed E-state index contributed by atoms with van der Waals surface area (Å²) in [4.78, 5) is 0. The van der Waals surface area contributed by atoms with E-state index in [4.69, 9.17) is 0 Å². The average molecular weight is 176 g/mol. The number of nitrogens with zero attached hydrogens (tertiary/aromatic N) is 2. The fourth-order valence-electron chi connectivity index (χ4n) is 1.31. The maximum atomic E-state index is 3.96. The second-order valence-electron chi connectivity index (χ2n) is 4.32. The summed E-state index contributed by atoms with van der Waals surface area (Å²) in [6.07, 6.45) is 3.89. The number of pyridine rings is 1. The maximum Gasteiger partial charge on any atom is 0.269 e. The lowest BCUT2D eigenvalue weighted by atomic mass is 9.88. The van der Waals surface area contributed by atoms with Crippen molar-refractivity contribution in [2.75, 3.05) is 0 Å². The van der Waals surface area contributed by atoms with Crippen LogP contribution in [0.4, 0.5) is 0 Å². The molecule has 68 valence electrons. The number of fused-ring (bicyclic) bond motifs is 1. The van der Waals surface area contributed by atoms with Crippen molar-refractivity contribution in [2.45, 2.75) is 26.2 Å². The van der Waals surface area contributed by atoms with Crippen LogP contribution in [0.5, 0.6) is 0 Å². The number of aromatic amines is 1. The van der Waals surface area contributed by atoms with Gasteiger partial charge in [-0.25, -0.2) is 4.40 Å². The molecule has 13 heavy (non-hydrogen) atoms. The third-order valence-corrected chi connectivity index (χ3v) is 2.20. The van der Waals surface area contributed by atoms with Crippen LogP contribution in [-0.2, 0) is 5.41 Å². The molecule has 2 rings (SSSR count). The summed E-state index contributed by atoms with van der Waals surface area (Å²) in [5.41, 5.74) is 2.53. The molecule has 2 heterocycles. The topological polar surface area (TPSA) is 32.8 Å². The Morgan fingerprint density at radius 2 is 2.08 bits per heavy atom. The average Bonchev–Trinajstić information content (AvgIpc) is 2.47. The molecule has 0 aliphatic rings. The standard InChI is InChI=1S/C10H13N3/c1-10(2,3)8-4-5-9-12-11-7-13(9)6-8/h4-7H,1-3H3/p+1. The minimum absolute atomic E-state index is 0.193. The molecular weight excluding hydrogens is 162 g/mol. The fraction of sp³-hybridized carbons (Fsp3) is 0.400. The van der Waals surface area contributed by atoms with Crippen LogP contribution >= 0.6 is 0 Å². The smallest absolute Gasteiger partial charge is 0.204 e. The summed E-state index contributed by atoms with van der Waals surface area (Å²) >= 11 is 0. The van der Waals surface area contributed by atoms with E-state index in [9.17, 15) is 0 Å². The number of hydrogen-bond acceptors (Lipinski definition) is 1. The van der Waals surface area contributed by atoms with E-state index in [1.165, 1.54) is 5.56 Å². The molecule has 0 unspecified atom stereocenters. The molecule has 0 aromatic carbocycles. The van der Waals surface area contributed by atoms with Gasteiger partial charge in [-0.2, -0.15) is 0 Å². The molecule has 0 radical (unpaired) electrons. The van der Waals surface area contributed by atoms with Gasteiger partial charge in [0.1, 0.15) is 0 Å². The zero-order chi connectivity index (χ0) is 9.47. The molecular formula is C10H14N3+. The summed E-state index contributed by atoms with van der Waals surface area (Å²) < 4.78 is 2.00. The third-order valence-electron chi connectivity index (χ3n) is 2.20. The lowest BCUT2D eigenvalue weighted by Gasteiger charge is -2.17. The Bertz CT molecular complexity index is 423. The van der Waals surface area contributed by atoms with E-state index in [0.29, 0.717) is 0 Å². The minimum Gasteiger partial charge on any atom is -0.204 e. The summed E-state index contributed by atoms with van der Waals surface area (Å²) in [6, 6.07) is 4.18. The molecule has 2 aromatic heterocycles. The molecule has 3 nitrogen and oxygen atoms in total. The van der Waals surface area contributed by atoms with Gasteiger partial charge in [-0.15, -0.1) is 5.10 Å². The quantitative estimate of drug-likeness (QED) is 0.605. The fourth-order valence-corrected chi connectivity index (χ4v) is 1.31. The van der Waals surface area contributed by atoms with E-state index in [-0.39, 0.29) is 5.41 Å². The zero-order valence-corrected chi connectivity index (χ0v) is 8.20. The normalized spacial score (nSPS) is 12.2. The van der Waals surface area contributed by atoms with Crippen LogP contribution in [0.3, 0.4) is 0 Å². The van der Waals surface area contributed by atoms with Gasteiger partial charge in [-0.3, -0.25) is 0 Å². The minimum atomic E-state index is 0.193. The SMILES string of the molecule is CC(C)(C)c1ccc2[nH]nc[n+]2c1. The van der Waals surface area contributed by atoms with Gasteiger partial charge in [0, 0.05) is 11.2 Å².